The Balaban J connectivity index is 2.32. The first kappa shape index (κ1) is 15.6. The average Bonchev–Trinajstić information content (AvgIpc) is 2.47. The van der Waals surface area contributed by atoms with Gasteiger partial charge in [-0.25, -0.2) is 4.98 Å². The van der Waals surface area contributed by atoms with Crippen molar-refractivity contribution in [2.24, 2.45) is 5.10 Å². The molecule has 0 saturated heterocycles. The highest BCUT2D eigenvalue weighted by molar-refractivity contribution is 6.31. The summed E-state index contributed by atoms with van der Waals surface area (Å²) >= 11 is 11.9. The lowest BCUT2D eigenvalue weighted by molar-refractivity contribution is 0.975. The van der Waals surface area contributed by atoms with Crippen molar-refractivity contribution in [1.29, 1.82) is 0 Å². The second-order valence-electron chi connectivity index (χ2n) is 4.48. The van der Waals surface area contributed by atoms with Crippen LogP contribution in [0.4, 0.5) is 11.5 Å². The number of benzene rings is 1. The van der Waals surface area contributed by atoms with E-state index < -0.39 is 0 Å². The summed E-state index contributed by atoms with van der Waals surface area (Å²) in [6, 6.07) is 9.25. The first-order valence-electron chi connectivity index (χ1n) is 6.39. The largest absolute Gasteiger partial charge is 0.388 e. The molecule has 1 heterocycles. The molecule has 0 atom stereocenters. The minimum atomic E-state index is 0.597. The van der Waals surface area contributed by atoms with Crippen LogP contribution < -0.4 is 10.3 Å². The van der Waals surface area contributed by atoms with Crippen LogP contribution in [0.2, 0.25) is 10.0 Å². The third-order valence-corrected chi connectivity index (χ3v) is 3.44. The number of nitrogens with zero attached hydrogens (tertiary/aromatic N) is 3. The van der Waals surface area contributed by atoms with Crippen LogP contribution in [0.5, 0.6) is 0 Å². The molecular weight excluding hydrogens is 307 g/mol. The summed E-state index contributed by atoms with van der Waals surface area (Å²) in [5.41, 5.74) is 2.75. The fourth-order valence-corrected chi connectivity index (χ4v) is 2.21. The van der Waals surface area contributed by atoms with Gasteiger partial charge in [0.15, 0.2) is 0 Å². The predicted octanol–water partition coefficient (Wildman–Crippen LogP) is 4.29. The van der Waals surface area contributed by atoms with E-state index in [1.807, 2.05) is 45.3 Å². The van der Waals surface area contributed by atoms with Gasteiger partial charge in [-0.15, -0.1) is 0 Å². The van der Waals surface area contributed by atoms with E-state index in [1.165, 1.54) is 0 Å². The van der Waals surface area contributed by atoms with Gasteiger partial charge in [0.1, 0.15) is 5.82 Å². The predicted molar refractivity (Wildman–Crippen MR) is 90.9 cm³/mol. The van der Waals surface area contributed by atoms with Crippen LogP contribution in [0.15, 0.2) is 41.6 Å². The molecule has 0 radical (unpaired) electrons. The van der Waals surface area contributed by atoms with E-state index in [-0.39, 0.29) is 0 Å². The molecule has 1 N–H and O–H groups in total. The first-order valence-corrected chi connectivity index (χ1v) is 7.15. The Morgan fingerprint density at radius 1 is 1.19 bits per heavy atom. The van der Waals surface area contributed by atoms with Crippen molar-refractivity contribution in [3.05, 3.63) is 52.1 Å². The van der Waals surface area contributed by atoms with E-state index in [0.29, 0.717) is 15.9 Å². The van der Waals surface area contributed by atoms with Crippen molar-refractivity contribution < 1.29 is 0 Å². The normalized spacial score (nSPS) is 11.4. The second kappa shape index (κ2) is 6.78. The SMILES string of the molecule is CNc1ccc(Cl)cc1/C(C)=N\N(C)c1ccc(Cl)cn1. The zero-order valence-electron chi connectivity index (χ0n) is 12.1. The van der Waals surface area contributed by atoms with Crippen molar-refractivity contribution >= 4 is 40.4 Å². The van der Waals surface area contributed by atoms with Gasteiger partial charge in [0, 0.05) is 36.6 Å². The number of nitrogens with one attached hydrogen (secondary N) is 1. The van der Waals surface area contributed by atoms with Crippen LogP contribution >= 0.6 is 23.2 Å². The van der Waals surface area contributed by atoms with E-state index in [4.69, 9.17) is 23.2 Å². The number of anilines is 2. The molecule has 0 spiro atoms. The van der Waals surface area contributed by atoms with Gasteiger partial charge in [0.05, 0.1) is 10.7 Å². The smallest absolute Gasteiger partial charge is 0.148 e. The number of rotatable bonds is 4. The van der Waals surface area contributed by atoms with Crippen molar-refractivity contribution in [2.75, 3.05) is 24.4 Å². The topological polar surface area (TPSA) is 40.5 Å². The van der Waals surface area contributed by atoms with Gasteiger partial charge in [-0.1, -0.05) is 23.2 Å². The van der Waals surface area contributed by atoms with Crippen molar-refractivity contribution in [3.8, 4) is 0 Å². The standard InChI is InChI=1S/C15H16Cl2N4/c1-10(13-8-11(16)4-6-14(13)18-2)20-21(3)15-7-5-12(17)9-19-15/h4-9,18H,1-3H3/b20-10-. The van der Waals surface area contributed by atoms with Crippen LogP contribution in [-0.4, -0.2) is 24.8 Å². The minimum absolute atomic E-state index is 0.597. The van der Waals surface area contributed by atoms with Crippen LogP contribution in [0.3, 0.4) is 0 Å². The van der Waals surface area contributed by atoms with Gasteiger partial charge in [-0.2, -0.15) is 5.10 Å². The summed E-state index contributed by atoms with van der Waals surface area (Å²) in [6.45, 7) is 1.93. The van der Waals surface area contributed by atoms with Gasteiger partial charge in [0.25, 0.3) is 0 Å². The van der Waals surface area contributed by atoms with E-state index in [9.17, 15) is 0 Å². The molecule has 0 unspecified atom stereocenters. The van der Waals surface area contributed by atoms with Crippen molar-refractivity contribution in [3.63, 3.8) is 0 Å². The highest BCUT2D eigenvalue weighted by Crippen LogP contribution is 2.22. The van der Waals surface area contributed by atoms with Gasteiger partial charge in [0.2, 0.25) is 0 Å². The van der Waals surface area contributed by atoms with Gasteiger partial charge < -0.3 is 5.32 Å². The Labute approximate surface area is 134 Å². The van der Waals surface area contributed by atoms with Crippen LogP contribution in [-0.2, 0) is 0 Å². The Morgan fingerprint density at radius 2 is 1.90 bits per heavy atom. The molecule has 0 bridgehead atoms. The van der Waals surface area contributed by atoms with Crippen molar-refractivity contribution in [2.45, 2.75) is 6.92 Å². The average molecular weight is 323 g/mol. The molecule has 2 rings (SSSR count). The molecule has 4 nitrogen and oxygen atoms in total. The molecular formula is C15H16Cl2N4. The molecule has 2 aromatic rings. The van der Waals surface area contributed by atoms with E-state index >= 15 is 0 Å². The van der Waals surface area contributed by atoms with Crippen LogP contribution in [0.25, 0.3) is 0 Å². The fourth-order valence-electron chi connectivity index (χ4n) is 1.92. The molecule has 0 aliphatic rings. The summed E-state index contributed by atoms with van der Waals surface area (Å²) in [5, 5.41) is 10.6. The third-order valence-electron chi connectivity index (χ3n) is 2.98. The second-order valence-corrected chi connectivity index (χ2v) is 5.36. The van der Waals surface area contributed by atoms with E-state index in [1.54, 1.807) is 17.3 Å². The molecule has 110 valence electrons. The van der Waals surface area contributed by atoms with Gasteiger partial charge >= 0.3 is 0 Å². The molecule has 21 heavy (non-hydrogen) atoms. The Bertz CT molecular complexity index is 653. The maximum absolute atomic E-state index is 6.07. The maximum atomic E-state index is 6.07. The lowest BCUT2D eigenvalue weighted by Crippen LogP contribution is -2.14. The molecule has 6 heteroatoms. The van der Waals surface area contributed by atoms with Crippen LogP contribution in [0.1, 0.15) is 12.5 Å². The van der Waals surface area contributed by atoms with Crippen molar-refractivity contribution in [1.82, 2.24) is 4.98 Å². The van der Waals surface area contributed by atoms with Gasteiger partial charge in [-0.05, 0) is 37.3 Å². The molecule has 1 aromatic carbocycles. The lowest BCUT2D eigenvalue weighted by Gasteiger charge is -2.15. The molecule has 0 saturated carbocycles. The lowest BCUT2D eigenvalue weighted by atomic mass is 10.1. The fraction of sp³-hybridized carbons (Fsp3) is 0.200. The molecule has 0 fully saturated rings. The maximum Gasteiger partial charge on any atom is 0.148 e. The number of pyridine rings is 1. The van der Waals surface area contributed by atoms with E-state index in [2.05, 4.69) is 15.4 Å². The highest BCUT2D eigenvalue weighted by Gasteiger charge is 2.08. The number of halogens is 2. The number of hydrogen-bond donors (Lipinski definition) is 1. The minimum Gasteiger partial charge on any atom is -0.388 e. The summed E-state index contributed by atoms with van der Waals surface area (Å²) in [6.07, 6.45) is 1.59. The Hall–Kier alpha value is -1.78. The number of aromatic nitrogens is 1. The zero-order valence-corrected chi connectivity index (χ0v) is 13.6. The Kier molecular flexibility index (Phi) is 5.04. The quantitative estimate of drug-likeness (QED) is 0.674. The summed E-state index contributed by atoms with van der Waals surface area (Å²) < 4.78 is 0. The van der Waals surface area contributed by atoms with Crippen LogP contribution in [0, 0.1) is 0 Å². The molecule has 0 aliphatic heterocycles. The number of hydrogen-bond acceptors (Lipinski definition) is 4. The monoisotopic (exact) mass is 322 g/mol. The summed E-state index contributed by atoms with van der Waals surface area (Å²) in [5.74, 6) is 0.715. The third kappa shape index (κ3) is 3.86. The zero-order chi connectivity index (χ0) is 15.4. The molecule has 1 aromatic heterocycles. The first-order chi connectivity index (χ1) is 10.0. The summed E-state index contributed by atoms with van der Waals surface area (Å²) in [4.78, 5) is 4.23. The Morgan fingerprint density at radius 3 is 2.52 bits per heavy atom. The summed E-state index contributed by atoms with van der Waals surface area (Å²) in [7, 11) is 3.70. The number of hydrazone groups is 1. The van der Waals surface area contributed by atoms with Gasteiger partial charge in [-0.3, -0.25) is 5.01 Å². The molecule has 0 aliphatic carbocycles. The highest BCUT2D eigenvalue weighted by atomic mass is 35.5. The van der Waals surface area contributed by atoms with E-state index in [0.717, 1.165) is 17.0 Å². The molecule has 0 amide bonds.